The second kappa shape index (κ2) is 2.75. The van der Waals surface area contributed by atoms with Crippen molar-refractivity contribution in [2.24, 2.45) is 0 Å². The fraction of sp³-hybridized carbons (Fsp3) is 0.222. The lowest BCUT2D eigenvalue weighted by Crippen LogP contribution is -1.81. The second-order valence-corrected chi connectivity index (χ2v) is 3.47. The van der Waals surface area contributed by atoms with Gasteiger partial charge in [0.05, 0.1) is 15.7 Å². The number of aromatic hydroxyl groups is 1. The molecule has 0 aliphatic heterocycles. The van der Waals surface area contributed by atoms with Crippen LogP contribution >= 0.6 is 11.3 Å². The van der Waals surface area contributed by atoms with Crippen molar-refractivity contribution in [2.75, 3.05) is 0 Å². The van der Waals surface area contributed by atoms with E-state index < -0.39 is 0 Å². The molecule has 0 aliphatic rings. The fourth-order valence-electron chi connectivity index (χ4n) is 1.32. The Labute approximate surface area is 74.5 Å². The minimum absolute atomic E-state index is 0.384. The molecule has 0 radical (unpaired) electrons. The van der Waals surface area contributed by atoms with Crippen LogP contribution in [0.5, 0.6) is 5.75 Å². The quantitative estimate of drug-likeness (QED) is 0.729. The summed E-state index contributed by atoms with van der Waals surface area (Å²) in [5.41, 5.74) is 3.80. The van der Waals surface area contributed by atoms with Gasteiger partial charge in [-0.1, -0.05) is 6.92 Å². The molecule has 12 heavy (non-hydrogen) atoms. The van der Waals surface area contributed by atoms with E-state index in [0.717, 1.165) is 22.2 Å². The predicted octanol–water partition coefficient (Wildman–Crippen LogP) is 2.56. The van der Waals surface area contributed by atoms with Crippen molar-refractivity contribution in [1.82, 2.24) is 4.98 Å². The van der Waals surface area contributed by atoms with E-state index in [2.05, 4.69) is 4.98 Å². The zero-order valence-electron chi connectivity index (χ0n) is 6.74. The van der Waals surface area contributed by atoms with Gasteiger partial charge in [-0.15, -0.1) is 11.3 Å². The molecule has 62 valence electrons. The van der Waals surface area contributed by atoms with Crippen LogP contribution in [0.1, 0.15) is 12.5 Å². The normalized spacial score (nSPS) is 10.8. The van der Waals surface area contributed by atoms with Crippen LogP contribution in [0.15, 0.2) is 17.6 Å². The third kappa shape index (κ3) is 0.975. The maximum atomic E-state index is 9.51. The average molecular weight is 179 g/mol. The maximum Gasteiger partial charge on any atom is 0.120 e. The molecule has 0 bridgehead atoms. The van der Waals surface area contributed by atoms with Gasteiger partial charge < -0.3 is 5.11 Å². The number of aryl methyl sites for hydroxylation is 1. The molecule has 0 spiro atoms. The highest BCUT2D eigenvalue weighted by molar-refractivity contribution is 7.17. The number of hydrogen-bond donors (Lipinski definition) is 1. The number of thiazole rings is 1. The third-order valence-corrected chi connectivity index (χ3v) is 2.83. The highest BCUT2D eigenvalue weighted by atomic mass is 32.1. The first-order chi connectivity index (χ1) is 5.83. The minimum Gasteiger partial charge on any atom is -0.508 e. The summed E-state index contributed by atoms with van der Waals surface area (Å²) in [6, 6.07) is 3.56. The molecule has 0 unspecified atom stereocenters. The van der Waals surface area contributed by atoms with Crippen molar-refractivity contribution in [2.45, 2.75) is 13.3 Å². The summed E-state index contributed by atoms with van der Waals surface area (Å²) >= 11 is 1.58. The number of hydrogen-bond acceptors (Lipinski definition) is 3. The molecule has 0 amide bonds. The predicted molar refractivity (Wildman–Crippen MR) is 50.7 cm³/mol. The molecule has 3 heteroatoms. The van der Waals surface area contributed by atoms with Gasteiger partial charge in [0.25, 0.3) is 0 Å². The Morgan fingerprint density at radius 3 is 3.08 bits per heavy atom. The SMILES string of the molecule is CCc1c(O)ccc2ncsc12. The number of nitrogens with zero attached hydrogens (tertiary/aromatic N) is 1. The van der Waals surface area contributed by atoms with Crippen LogP contribution in [-0.2, 0) is 6.42 Å². The summed E-state index contributed by atoms with van der Waals surface area (Å²) in [6.45, 7) is 2.04. The van der Waals surface area contributed by atoms with Gasteiger partial charge in [0.1, 0.15) is 5.75 Å². The van der Waals surface area contributed by atoms with Gasteiger partial charge in [-0.2, -0.15) is 0 Å². The maximum absolute atomic E-state index is 9.51. The largest absolute Gasteiger partial charge is 0.508 e. The topological polar surface area (TPSA) is 33.1 Å². The van der Waals surface area contributed by atoms with E-state index in [1.807, 2.05) is 18.5 Å². The van der Waals surface area contributed by atoms with Crippen LogP contribution < -0.4 is 0 Å². The minimum atomic E-state index is 0.384. The Balaban J connectivity index is 2.83. The third-order valence-electron chi connectivity index (χ3n) is 1.93. The van der Waals surface area contributed by atoms with Gasteiger partial charge in [-0.05, 0) is 18.6 Å². The van der Waals surface area contributed by atoms with Crippen molar-refractivity contribution in [1.29, 1.82) is 0 Å². The zero-order valence-corrected chi connectivity index (χ0v) is 7.56. The molecule has 1 aromatic heterocycles. The first-order valence-corrected chi connectivity index (χ1v) is 4.75. The van der Waals surface area contributed by atoms with Gasteiger partial charge in [0.15, 0.2) is 0 Å². The van der Waals surface area contributed by atoms with Crippen LogP contribution in [0.25, 0.3) is 10.2 Å². The highest BCUT2D eigenvalue weighted by Gasteiger charge is 2.05. The monoisotopic (exact) mass is 179 g/mol. The molecule has 2 aromatic rings. The molecular weight excluding hydrogens is 170 g/mol. The Morgan fingerprint density at radius 2 is 2.33 bits per heavy atom. The van der Waals surface area contributed by atoms with E-state index in [9.17, 15) is 5.11 Å². The summed E-state index contributed by atoms with van der Waals surface area (Å²) in [7, 11) is 0. The van der Waals surface area contributed by atoms with Crippen molar-refractivity contribution >= 4 is 21.6 Å². The van der Waals surface area contributed by atoms with Crippen LogP contribution in [0, 0.1) is 0 Å². The number of rotatable bonds is 1. The number of fused-ring (bicyclic) bond motifs is 1. The zero-order chi connectivity index (χ0) is 8.55. The van der Waals surface area contributed by atoms with Gasteiger partial charge in [-0.25, -0.2) is 4.98 Å². The van der Waals surface area contributed by atoms with Crippen molar-refractivity contribution in [3.8, 4) is 5.75 Å². The van der Waals surface area contributed by atoms with Crippen LogP contribution in [0.2, 0.25) is 0 Å². The lowest BCUT2D eigenvalue weighted by atomic mass is 10.1. The summed E-state index contributed by atoms with van der Waals surface area (Å²) in [6.07, 6.45) is 0.853. The Kier molecular flexibility index (Phi) is 1.73. The van der Waals surface area contributed by atoms with Crippen molar-refractivity contribution in [3.05, 3.63) is 23.2 Å². The lowest BCUT2D eigenvalue weighted by molar-refractivity contribution is 0.470. The van der Waals surface area contributed by atoms with Gasteiger partial charge in [-0.3, -0.25) is 0 Å². The standard InChI is InChI=1S/C9H9NOS/c1-2-6-8(11)4-3-7-9(6)12-5-10-7/h3-5,11H,2H2,1H3. The Bertz CT molecular complexity index is 408. The van der Waals surface area contributed by atoms with E-state index >= 15 is 0 Å². The summed E-state index contributed by atoms with van der Waals surface area (Å²) in [5.74, 6) is 0.384. The fourth-order valence-corrected chi connectivity index (χ4v) is 2.22. The molecule has 0 fully saturated rings. The molecule has 2 nitrogen and oxygen atoms in total. The Morgan fingerprint density at radius 1 is 1.50 bits per heavy atom. The summed E-state index contributed by atoms with van der Waals surface area (Å²) in [4.78, 5) is 4.18. The van der Waals surface area contributed by atoms with Gasteiger partial charge in [0.2, 0.25) is 0 Å². The summed E-state index contributed by atoms with van der Waals surface area (Å²) < 4.78 is 1.11. The van der Waals surface area contributed by atoms with Gasteiger partial charge >= 0.3 is 0 Å². The smallest absolute Gasteiger partial charge is 0.120 e. The highest BCUT2D eigenvalue weighted by Crippen LogP contribution is 2.29. The Hall–Kier alpha value is -1.09. The van der Waals surface area contributed by atoms with Gasteiger partial charge in [0, 0.05) is 5.56 Å². The van der Waals surface area contributed by atoms with E-state index in [1.54, 1.807) is 17.4 Å². The molecule has 0 atom stereocenters. The number of phenols is 1. The van der Waals surface area contributed by atoms with E-state index in [-0.39, 0.29) is 0 Å². The van der Waals surface area contributed by atoms with Crippen molar-refractivity contribution < 1.29 is 5.11 Å². The molecule has 2 rings (SSSR count). The lowest BCUT2D eigenvalue weighted by Gasteiger charge is -2.00. The van der Waals surface area contributed by atoms with Crippen LogP contribution in [0.3, 0.4) is 0 Å². The molecule has 1 heterocycles. The molecule has 1 aromatic carbocycles. The summed E-state index contributed by atoms with van der Waals surface area (Å²) in [5, 5.41) is 9.51. The van der Waals surface area contributed by atoms with Crippen molar-refractivity contribution in [3.63, 3.8) is 0 Å². The van der Waals surface area contributed by atoms with Crippen LogP contribution in [0.4, 0.5) is 0 Å². The first kappa shape index (κ1) is 7.55. The van der Waals surface area contributed by atoms with E-state index in [0.29, 0.717) is 5.75 Å². The molecular formula is C9H9NOS. The number of phenolic OH excluding ortho intramolecular Hbond substituents is 1. The second-order valence-electron chi connectivity index (χ2n) is 2.62. The number of aromatic nitrogens is 1. The molecule has 1 N–H and O–H groups in total. The average Bonchev–Trinajstić information content (AvgIpc) is 2.52. The van der Waals surface area contributed by atoms with E-state index in [4.69, 9.17) is 0 Å². The molecule has 0 saturated carbocycles. The van der Waals surface area contributed by atoms with E-state index in [1.165, 1.54) is 0 Å². The molecule has 0 aliphatic carbocycles. The molecule has 0 saturated heterocycles. The number of benzene rings is 1. The first-order valence-electron chi connectivity index (χ1n) is 3.87. The van der Waals surface area contributed by atoms with Crippen LogP contribution in [-0.4, -0.2) is 10.1 Å².